The maximum Gasteiger partial charge on any atom is 0.471 e. The second kappa shape index (κ2) is 11.0. The second-order valence-corrected chi connectivity index (χ2v) is 9.40. The van der Waals surface area contributed by atoms with Gasteiger partial charge in [-0.2, -0.15) is 13.2 Å². The molecule has 1 atom stereocenters. The highest BCUT2D eigenvalue weighted by Gasteiger charge is 2.43. The lowest BCUT2D eigenvalue weighted by Gasteiger charge is -2.35. The molecule has 2 aromatic heterocycles. The lowest BCUT2D eigenvalue weighted by Crippen LogP contribution is -2.52. The van der Waals surface area contributed by atoms with Crippen LogP contribution in [0.15, 0.2) is 48.9 Å². The Labute approximate surface area is 226 Å². The zero-order chi connectivity index (χ0) is 27.6. The van der Waals surface area contributed by atoms with Crippen molar-refractivity contribution in [3.8, 4) is 5.75 Å². The molecule has 1 fully saturated rings. The SMILES string of the molecule is C[C@@H](Oc1ccc(N)c(C(=N)c2ccc(N3CCN(C(=O)C(F)(F)F)CC3)nc2)c1)c1c(Cl)cncc1Cl. The van der Waals surface area contributed by atoms with Crippen LogP contribution in [0.25, 0.3) is 0 Å². The number of pyridine rings is 2. The molecular weight excluding hydrogens is 544 g/mol. The van der Waals surface area contributed by atoms with Crippen LogP contribution >= 0.6 is 23.2 Å². The van der Waals surface area contributed by atoms with E-state index in [-0.39, 0.29) is 31.9 Å². The minimum absolute atomic E-state index is 0.0603. The molecule has 1 aromatic carbocycles. The molecule has 1 amide bonds. The largest absolute Gasteiger partial charge is 0.486 e. The molecule has 0 spiro atoms. The molecule has 3 heterocycles. The van der Waals surface area contributed by atoms with Crippen molar-refractivity contribution < 1.29 is 22.7 Å². The Hall–Kier alpha value is -3.57. The Morgan fingerprint density at radius 1 is 1.08 bits per heavy atom. The fourth-order valence-electron chi connectivity index (χ4n) is 4.09. The number of nitrogens with one attached hydrogen (secondary N) is 1. The summed E-state index contributed by atoms with van der Waals surface area (Å²) in [6, 6.07) is 8.31. The van der Waals surface area contributed by atoms with E-state index in [1.807, 2.05) is 0 Å². The van der Waals surface area contributed by atoms with E-state index in [0.717, 1.165) is 4.90 Å². The van der Waals surface area contributed by atoms with Crippen molar-refractivity contribution in [1.82, 2.24) is 14.9 Å². The summed E-state index contributed by atoms with van der Waals surface area (Å²) in [6.45, 7) is 2.09. The summed E-state index contributed by atoms with van der Waals surface area (Å²) in [5, 5.41) is 9.42. The molecule has 0 bridgehead atoms. The molecule has 0 radical (unpaired) electrons. The van der Waals surface area contributed by atoms with E-state index in [9.17, 15) is 18.0 Å². The van der Waals surface area contributed by atoms with Crippen molar-refractivity contribution >= 4 is 46.3 Å². The number of rotatable bonds is 6. The van der Waals surface area contributed by atoms with Gasteiger partial charge in [0.05, 0.1) is 15.8 Å². The summed E-state index contributed by atoms with van der Waals surface area (Å²) >= 11 is 12.5. The number of hydrogen-bond acceptors (Lipinski definition) is 7. The third-order valence-corrected chi connectivity index (χ3v) is 6.68. The number of amides is 1. The molecule has 3 aromatic rings. The molecule has 200 valence electrons. The van der Waals surface area contributed by atoms with Crippen LogP contribution in [0.4, 0.5) is 24.7 Å². The predicted molar refractivity (Wildman–Crippen MR) is 139 cm³/mol. The summed E-state index contributed by atoms with van der Waals surface area (Å²) in [7, 11) is 0. The van der Waals surface area contributed by atoms with Crippen molar-refractivity contribution in [2.75, 3.05) is 36.8 Å². The molecule has 1 aliphatic heterocycles. The molecule has 1 aliphatic rings. The summed E-state index contributed by atoms with van der Waals surface area (Å²) in [4.78, 5) is 22.3. The third-order valence-electron chi connectivity index (χ3n) is 6.07. The Balaban J connectivity index is 1.45. The van der Waals surface area contributed by atoms with Crippen molar-refractivity contribution in [3.05, 3.63) is 75.7 Å². The predicted octanol–water partition coefficient (Wildman–Crippen LogP) is 5.13. The van der Waals surface area contributed by atoms with Gasteiger partial charge in [-0.15, -0.1) is 0 Å². The van der Waals surface area contributed by atoms with Gasteiger partial charge >= 0.3 is 12.1 Å². The molecule has 8 nitrogen and oxygen atoms in total. The highest BCUT2D eigenvalue weighted by Crippen LogP contribution is 2.33. The number of piperazine rings is 1. The van der Waals surface area contributed by atoms with E-state index < -0.39 is 18.2 Å². The van der Waals surface area contributed by atoms with Crippen LogP contribution in [0.1, 0.15) is 29.7 Å². The number of aromatic nitrogens is 2. The fraction of sp³-hybridized carbons (Fsp3) is 0.280. The molecule has 0 saturated carbocycles. The van der Waals surface area contributed by atoms with Gasteiger partial charge in [0.2, 0.25) is 0 Å². The van der Waals surface area contributed by atoms with E-state index in [0.29, 0.717) is 44.0 Å². The molecule has 0 aliphatic carbocycles. The van der Waals surface area contributed by atoms with Crippen molar-refractivity contribution in [2.24, 2.45) is 0 Å². The smallest absolute Gasteiger partial charge is 0.471 e. The number of halogens is 5. The van der Waals surface area contributed by atoms with E-state index in [2.05, 4.69) is 9.97 Å². The van der Waals surface area contributed by atoms with Gasteiger partial charge in [0, 0.05) is 67.1 Å². The zero-order valence-corrected chi connectivity index (χ0v) is 21.6. The van der Waals surface area contributed by atoms with Crippen LogP contribution < -0.4 is 15.4 Å². The number of nitrogen functional groups attached to an aromatic ring is 1. The number of hydrogen-bond donors (Lipinski definition) is 2. The zero-order valence-electron chi connectivity index (χ0n) is 20.1. The van der Waals surface area contributed by atoms with Crippen molar-refractivity contribution in [2.45, 2.75) is 19.2 Å². The topological polar surface area (TPSA) is 108 Å². The monoisotopic (exact) mass is 566 g/mol. The van der Waals surface area contributed by atoms with Gasteiger partial charge in [0.15, 0.2) is 0 Å². The van der Waals surface area contributed by atoms with Gasteiger partial charge in [-0.3, -0.25) is 15.2 Å². The van der Waals surface area contributed by atoms with E-state index in [1.54, 1.807) is 42.2 Å². The van der Waals surface area contributed by atoms with Gasteiger partial charge in [-0.1, -0.05) is 23.2 Å². The number of alkyl halides is 3. The maximum atomic E-state index is 12.7. The normalized spacial score (nSPS) is 14.8. The summed E-state index contributed by atoms with van der Waals surface area (Å²) in [5.41, 5.74) is 8.11. The van der Waals surface area contributed by atoms with E-state index in [4.69, 9.17) is 39.1 Å². The second-order valence-electron chi connectivity index (χ2n) is 8.58. The van der Waals surface area contributed by atoms with Crippen LogP contribution in [0.2, 0.25) is 10.0 Å². The standard InChI is InChI=1S/C25H23Cl2F3N6O2/c1-14(22-18(26)12-33-13-19(22)27)38-16-3-4-20(31)17(10-16)23(32)15-2-5-21(34-11-15)35-6-8-36(9-7-35)24(37)25(28,29)30/h2-5,10-14,32H,6-9,31H2,1H3/t14-/m1/s1. The Bertz CT molecular complexity index is 1330. The van der Waals surface area contributed by atoms with Crippen LogP contribution in [0, 0.1) is 5.41 Å². The Kier molecular flexibility index (Phi) is 7.98. The van der Waals surface area contributed by atoms with E-state index >= 15 is 0 Å². The summed E-state index contributed by atoms with van der Waals surface area (Å²) in [5.74, 6) is -0.851. The lowest BCUT2D eigenvalue weighted by molar-refractivity contribution is -0.185. The average Bonchev–Trinajstić information content (AvgIpc) is 2.88. The first-order valence-electron chi connectivity index (χ1n) is 11.5. The molecule has 0 unspecified atom stereocenters. The first kappa shape index (κ1) is 27.5. The van der Waals surface area contributed by atoms with Gasteiger partial charge in [0.1, 0.15) is 17.7 Å². The number of benzene rings is 1. The lowest BCUT2D eigenvalue weighted by atomic mass is 10.0. The fourth-order valence-corrected chi connectivity index (χ4v) is 4.76. The van der Waals surface area contributed by atoms with Crippen LogP contribution in [0.5, 0.6) is 5.75 Å². The molecule has 38 heavy (non-hydrogen) atoms. The van der Waals surface area contributed by atoms with Crippen LogP contribution in [-0.4, -0.2) is 58.8 Å². The number of carbonyl (C=O) groups is 1. The van der Waals surface area contributed by atoms with Crippen LogP contribution in [0.3, 0.4) is 0 Å². The average molecular weight is 567 g/mol. The quantitative estimate of drug-likeness (QED) is 0.316. The van der Waals surface area contributed by atoms with Gasteiger partial charge in [0.25, 0.3) is 0 Å². The number of nitrogens with zero attached hydrogens (tertiary/aromatic N) is 4. The summed E-state index contributed by atoms with van der Waals surface area (Å²) in [6.07, 6.45) is -0.936. The molecule has 3 N–H and O–H groups in total. The number of nitrogens with two attached hydrogens (primary N) is 1. The van der Waals surface area contributed by atoms with Crippen molar-refractivity contribution in [3.63, 3.8) is 0 Å². The Morgan fingerprint density at radius 2 is 1.74 bits per heavy atom. The number of anilines is 2. The molecule has 13 heteroatoms. The Morgan fingerprint density at radius 3 is 2.32 bits per heavy atom. The number of ether oxygens (including phenoxy) is 1. The van der Waals surface area contributed by atoms with Crippen LogP contribution in [-0.2, 0) is 4.79 Å². The summed E-state index contributed by atoms with van der Waals surface area (Å²) < 4.78 is 44.0. The molecular formula is C25H23Cl2F3N6O2. The maximum absolute atomic E-state index is 12.7. The minimum Gasteiger partial charge on any atom is -0.486 e. The van der Waals surface area contributed by atoms with Gasteiger partial charge in [-0.05, 0) is 37.3 Å². The first-order valence-corrected chi connectivity index (χ1v) is 12.2. The van der Waals surface area contributed by atoms with Gasteiger partial charge < -0.3 is 20.3 Å². The number of carbonyl (C=O) groups excluding carboxylic acids is 1. The molecule has 4 rings (SSSR count). The first-order chi connectivity index (χ1) is 18.0. The highest BCUT2D eigenvalue weighted by molar-refractivity contribution is 6.35. The van der Waals surface area contributed by atoms with Gasteiger partial charge in [-0.25, -0.2) is 4.98 Å². The molecule has 1 saturated heterocycles. The van der Waals surface area contributed by atoms with Crippen molar-refractivity contribution in [1.29, 1.82) is 5.41 Å². The highest BCUT2D eigenvalue weighted by atomic mass is 35.5. The third kappa shape index (κ3) is 5.94. The minimum atomic E-state index is -4.89. The van der Waals surface area contributed by atoms with E-state index in [1.165, 1.54) is 18.6 Å².